The maximum Gasteiger partial charge on any atom is 0.227 e. The van der Waals surface area contributed by atoms with Gasteiger partial charge in [0.1, 0.15) is 0 Å². The summed E-state index contributed by atoms with van der Waals surface area (Å²) in [6.45, 7) is 3.47. The highest BCUT2D eigenvalue weighted by atomic mass is 16.2. The fraction of sp³-hybridized carbons (Fsp3) is 0.350. The average molecular weight is 354 g/mol. The van der Waals surface area contributed by atoms with E-state index in [4.69, 9.17) is 0 Å². The first kappa shape index (κ1) is 19.6. The van der Waals surface area contributed by atoms with E-state index >= 15 is 0 Å². The summed E-state index contributed by atoms with van der Waals surface area (Å²) >= 11 is 0. The van der Waals surface area contributed by atoms with Crippen LogP contribution in [0, 0.1) is 0 Å². The number of carbonyl (C=O) groups is 2. The minimum atomic E-state index is -0.111. The van der Waals surface area contributed by atoms with Gasteiger partial charge < -0.3 is 15.1 Å². The molecule has 1 N–H and O–H groups in total. The van der Waals surface area contributed by atoms with Gasteiger partial charge in [0.05, 0.1) is 6.42 Å². The summed E-state index contributed by atoms with van der Waals surface area (Å²) in [5, 5.41) is 2.73. The molecule has 2 rings (SSSR count). The monoisotopic (exact) mass is 354 g/mol. The predicted molar refractivity (Wildman–Crippen MR) is 103 cm³/mol. The summed E-state index contributed by atoms with van der Waals surface area (Å²) in [6, 6.07) is 11.2. The molecule has 0 atom stereocenters. The molecule has 0 aliphatic heterocycles. The van der Waals surface area contributed by atoms with Crippen LogP contribution in [0.4, 0.5) is 5.69 Å². The smallest absolute Gasteiger partial charge is 0.227 e. The van der Waals surface area contributed by atoms with E-state index in [2.05, 4.69) is 15.2 Å². The van der Waals surface area contributed by atoms with Gasteiger partial charge in [-0.2, -0.15) is 0 Å². The van der Waals surface area contributed by atoms with Crippen LogP contribution in [0.15, 0.2) is 48.8 Å². The first-order valence-corrected chi connectivity index (χ1v) is 8.62. The van der Waals surface area contributed by atoms with Gasteiger partial charge in [-0.25, -0.2) is 0 Å². The van der Waals surface area contributed by atoms with E-state index in [1.54, 1.807) is 12.4 Å². The van der Waals surface area contributed by atoms with Crippen LogP contribution in [0.25, 0.3) is 0 Å². The van der Waals surface area contributed by atoms with Gasteiger partial charge in [-0.1, -0.05) is 18.2 Å². The molecule has 0 spiro atoms. The Balaban J connectivity index is 2.03. The molecule has 1 aromatic carbocycles. The molecule has 0 unspecified atom stereocenters. The van der Waals surface area contributed by atoms with Crippen LogP contribution in [0.1, 0.15) is 18.1 Å². The molecule has 0 aliphatic carbocycles. The molecule has 0 fully saturated rings. The minimum Gasteiger partial charge on any atom is -0.337 e. The van der Waals surface area contributed by atoms with E-state index in [0.717, 1.165) is 23.4 Å². The lowest BCUT2D eigenvalue weighted by molar-refractivity contribution is -0.131. The molecule has 2 aromatic rings. The van der Waals surface area contributed by atoms with Crippen molar-refractivity contribution in [2.24, 2.45) is 0 Å². The van der Waals surface area contributed by atoms with Crippen LogP contribution in [-0.4, -0.2) is 53.8 Å². The van der Waals surface area contributed by atoms with Gasteiger partial charge >= 0.3 is 0 Å². The quantitative estimate of drug-likeness (QED) is 0.789. The van der Waals surface area contributed by atoms with Crippen molar-refractivity contribution in [3.8, 4) is 0 Å². The van der Waals surface area contributed by atoms with Crippen LogP contribution in [0.2, 0.25) is 0 Å². The number of hydrogen-bond donors (Lipinski definition) is 1. The molecule has 0 aliphatic rings. The first-order valence-electron chi connectivity index (χ1n) is 8.62. The van der Waals surface area contributed by atoms with E-state index in [0.29, 0.717) is 19.5 Å². The number of amides is 2. The van der Waals surface area contributed by atoms with Gasteiger partial charge in [0.2, 0.25) is 11.8 Å². The Labute approximate surface area is 154 Å². The van der Waals surface area contributed by atoms with E-state index in [1.807, 2.05) is 55.4 Å². The lowest BCUT2D eigenvalue weighted by Crippen LogP contribution is -2.37. The van der Waals surface area contributed by atoms with Gasteiger partial charge in [-0.3, -0.25) is 14.6 Å². The Morgan fingerprint density at radius 2 is 1.77 bits per heavy atom. The summed E-state index contributed by atoms with van der Waals surface area (Å²) in [5.41, 5.74) is 2.67. The molecule has 138 valence electrons. The molecule has 6 heteroatoms. The third-order valence-electron chi connectivity index (χ3n) is 3.90. The number of hydrogen-bond acceptors (Lipinski definition) is 4. The second kappa shape index (κ2) is 9.68. The number of carbonyl (C=O) groups excluding carboxylic acids is 2. The molecule has 0 bridgehead atoms. The number of rotatable bonds is 8. The Morgan fingerprint density at radius 3 is 2.35 bits per heavy atom. The Bertz CT molecular complexity index is 714. The minimum absolute atomic E-state index is 0.0722. The topological polar surface area (TPSA) is 65.5 Å². The number of likely N-dealkylation sites (N-methyl/N-ethyl adjacent to an activating group) is 1. The second-order valence-electron chi connectivity index (χ2n) is 6.53. The number of pyridine rings is 1. The summed E-state index contributed by atoms with van der Waals surface area (Å²) < 4.78 is 0. The van der Waals surface area contributed by atoms with Crippen molar-refractivity contribution in [2.75, 3.05) is 32.5 Å². The van der Waals surface area contributed by atoms with Crippen molar-refractivity contribution in [1.29, 1.82) is 0 Å². The largest absolute Gasteiger partial charge is 0.337 e. The number of nitrogens with zero attached hydrogens (tertiary/aromatic N) is 3. The predicted octanol–water partition coefficient (Wildman–Crippen LogP) is 2.17. The van der Waals surface area contributed by atoms with Crippen LogP contribution < -0.4 is 5.32 Å². The average Bonchev–Trinajstić information content (AvgIpc) is 2.60. The van der Waals surface area contributed by atoms with Crippen LogP contribution in [0.5, 0.6) is 0 Å². The number of benzene rings is 1. The summed E-state index contributed by atoms with van der Waals surface area (Å²) in [7, 11) is 3.99. The second-order valence-corrected chi connectivity index (χ2v) is 6.53. The molecule has 6 nitrogen and oxygen atoms in total. The van der Waals surface area contributed by atoms with E-state index < -0.39 is 0 Å². The molecule has 2 amide bonds. The molecule has 0 radical (unpaired) electrons. The van der Waals surface area contributed by atoms with Crippen LogP contribution in [-0.2, 0) is 22.6 Å². The van der Waals surface area contributed by atoms with Crippen LogP contribution in [0.3, 0.4) is 0 Å². The fourth-order valence-electron chi connectivity index (χ4n) is 2.52. The maximum atomic E-state index is 12.8. The highest BCUT2D eigenvalue weighted by molar-refractivity contribution is 5.88. The maximum absolute atomic E-state index is 12.8. The van der Waals surface area contributed by atoms with Crippen molar-refractivity contribution < 1.29 is 9.59 Å². The Hall–Kier alpha value is -2.73. The van der Waals surface area contributed by atoms with E-state index in [9.17, 15) is 9.59 Å². The van der Waals surface area contributed by atoms with Gasteiger partial charge in [-0.05, 0) is 43.4 Å². The SMILES string of the molecule is CC(=O)Nc1ccc(CC(=O)N(CCN(C)C)Cc2cccnc2)cc1. The third-order valence-corrected chi connectivity index (χ3v) is 3.90. The highest BCUT2D eigenvalue weighted by Gasteiger charge is 2.15. The lowest BCUT2D eigenvalue weighted by Gasteiger charge is -2.24. The molecule has 26 heavy (non-hydrogen) atoms. The summed E-state index contributed by atoms with van der Waals surface area (Å²) in [6.07, 6.45) is 3.85. The summed E-state index contributed by atoms with van der Waals surface area (Å²) in [4.78, 5) is 31.9. The van der Waals surface area contributed by atoms with Crippen molar-refractivity contribution >= 4 is 17.5 Å². The zero-order chi connectivity index (χ0) is 18.9. The lowest BCUT2D eigenvalue weighted by atomic mass is 10.1. The van der Waals surface area contributed by atoms with Gasteiger partial charge in [0.25, 0.3) is 0 Å². The van der Waals surface area contributed by atoms with Crippen molar-refractivity contribution in [3.63, 3.8) is 0 Å². The Kier molecular flexibility index (Phi) is 7.29. The first-order chi connectivity index (χ1) is 12.4. The van der Waals surface area contributed by atoms with Crippen molar-refractivity contribution in [1.82, 2.24) is 14.8 Å². The zero-order valence-electron chi connectivity index (χ0n) is 15.6. The third kappa shape index (κ3) is 6.64. The highest BCUT2D eigenvalue weighted by Crippen LogP contribution is 2.12. The molecular weight excluding hydrogens is 328 g/mol. The van der Waals surface area contributed by atoms with Gasteiger partial charge in [0.15, 0.2) is 0 Å². The molecule has 1 aromatic heterocycles. The van der Waals surface area contributed by atoms with E-state index in [1.165, 1.54) is 6.92 Å². The molecule has 1 heterocycles. The summed E-state index contributed by atoms with van der Waals surface area (Å²) in [5.74, 6) is -0.0388. The zero-order valence-corrected chi connectivity index (χ0v) is 15.6. The molecular formula is C20H26N4O2. The molecule has 0 saturated carbocycles. The number of anilines is 1. The van der Waals surface area contributed by atoms with E-state index in [-0.39, 0.29) is 11.8 Å². The standard InChI is InChI=1S/C20H26N4O2/c1-16(25)22-19-8-6-17(7-9-19)13-20(26)24(12-11-23(2)3)15-18-5-4-10-21-14-18/h4-10,14H,11-13,15H2,1-3H3,(H,22,25). The normalized spacial score (nSPS) is 10.6. The number of aromatic nitrogens is 1. The fourth-order valence-corrected chi connectivity index (χ4v) is 2.52. The number of nitrogens with one attached hydrogen (secondary N) is 1. The van der Waals surface area contributed by atoms with Gasteiger partial charge in [0, 0.05) is 44.6 Å². The van der Waals surface area contributed by atoms with Crippen LogP contribution >= 0.6 is 0 Å². The van der Waals surface area contributed by atoms with Gasteiger partial charge in [-0.15, -0.1) is 0 Å². The van der Waals surface area contributed by atoms with Crippen molar-refractivity contribution in [3.05, 3.63) is 59.9 Å². The van der Waals surface area contributed by atoms with Crippen molar-refractivity contribution in [2.45, 2.75) is 19.9 Å². The molecule has 0 saturated heterocycles. The Morgan fingerprint density at radius 1 is 1.04 bits per heavy atom.